The van der Waals surface area contributed by atoms with Crippen LogP contribution in [0, 0.1) is 6.92 Å². The summed E-state index contributed by atoms with van der Waals surface area (Å²) < 4.78 is 2.09. The van der Waals surface area contributed by atoms with Crippen LogP contribution in [-0.2, 0) is 0 Å². The first-order chi connectivity index (χ1) is 12.8. The molecule has 1 aliphatic rings. The Kier molecular flexibility index (Phi) is 3.63. The number of aryl methyl sites for hydroxylation is 1. The Hall–Kier alpha value is -2.88. The van der Waals surface area contributed by atoms with Crippen LogP contribution in [0.25, 0.3) is 16.8 Å². The van der Waals surface area contributed by atoms with Gasteiger partial charge in [0.05, 0.1) is 11.0 Å². The Bertz CT molecular complexity index is 1060. The normalized spacial score (nSPS) is 15.8. The van der Waals surface area contributed by atoms with Crippen LogP contribution in [0.2, 0.25) is 0 Å². The second-order valence-electron chi connectivity index (χ2n) is 7.23. The Labute approximate surface area is 153 Å². The lowest BCUT2D eigenvalue weighted by molar-refractivity contribution is 0.503. The molecule has 0 N–H and O–H groups in total. The van der Waals surface area contributed by atoms with Crippen LogP contribution in [0.3, 0.4) is 0 Å². The van der Waals surface area contributed by atoms with Gasteiger partial charge in [0.15, 0.2) is 0 Å². The van der Waals surface area contributed by atoms with Gasteiger partial charge in [-0.3, -0.25) is 4.40 Å². The van der Waals surface area contributed by atoms with E-state index in [1.807, 2.05) is 0 Å². The summed E-state index contributed by atoms with van der Waals surface area (Å²) in [5.74, 6) is 2.48. The van der Waals surface area contributed by atoms with Crippen LogP contribution in [0.4, 0.5) is 5.82 Å². The van der Waals surface area contributed by atoms with Crippen molar-refractivity contribution in [2.45, 2.75) is 25.7 Å². The highest BCUT2D eigenvalue weighted by Gasteiger charge is 2.21. The molecular weight excluding hydrogens is 320 g/mol. The topological polar surface area (TPSA) is 33.4 Å². The van der Waals surface area contributed by atoms with Gasteiger partial charge in [-0.1, -0.05) is 36.4 Å². The van der Waals surface area contributed by atoms with Gasteiger partial charge in [0.2, 0.25) is 5.78 Å². The fraction of sp³-hybridized carbons (Fsp3) is 0.273. The summed E-state index contributed by atoms with van der Waals surface area (Å²) in [6, 6.07) is 19.3. The third-order valence-electron chi connectivity index (χ3n) is 5.50. The van der Waals surface area contributed by atoms with Crippen LogP contribution in [0.15, 0.2) is 60.8 Å². The second-order valence-corrected chi connectivity index (χ2v) is 7.23. The Morgan fingerprint density at radius 1 is 0.923 bits per heavy atom. The first-order valence-corrected chi connectivity index (χ1v) is 9.33. The highest BCUT2D eigenvalue weighted by Crippen LogP contribution is 2.30. The van der Waals surface area contributed by atoms with Crippen molar-refractivity contribution >= 4 is 22.6 Å². The van der Waals surface area contributed by atoms with E-state index in [0.717, 1.165) is 35.7 Å². The predicted molar refractivity (Wildman–Crippen MR) is 106 cm³/mol. The molecule has 0 radical (unpaired) electrons. The zero-order valence-corrected chi connectivity index (χ0v) is 15.0. The number of rotatable bonds is 2. The summed E-state index contributed by atoms with van der Waals surface area (Å²) >= 11 is 0. The molecule has 4 nitrogen and oxygen atoms in total. The van der Waals surface area contributed by atoms with Crippen LogP contribution in [-0.4, -0.2) is 27.5 Å². The van der Waals surface area contributed by atoms with Gasteiger partial charge in [0, 0.05) is 19.3 Å². The molecule has 5 rings (SSSR count). The van der Waals surface area contributed by atoms with Crippen molar-refractivity contribution in [1.82, 2.24) is 14.4 Å². The second kappa shape index (κ2) is 6.13. The van der Waals surface area contributed by atoms with Gasteiger partial charge in [-0.05, 0) is 55.0 Å². The number of aromatic nitrogens is 3. The molecule has 2 aromatic carbocycles. The van der Waals surface area contributed by atoms with Crippen LogP contribution < -0.4 is 4.90 Å². The van der Waals surface area contributed by atoms with E-state index in [9.17, 15) is 0 Å². The molecule has 4 aromatic rings. The maximum atomic E-state index is 4.84. The standard InChI is InChI=1S/C22H22N4/c1-16-7-8-19-20(15-16)26-14-11-21(24-22(26)23-19)25-12-9-18(10-13-25)17-5-3-2-4-6-17/h2-8,11,14-15,18H,9-10,12-13H2,1H3. The van der Waals surface area contributed by atoms with Crippen molar-refractivity contribution in [1.29, 1.82) is 0 Å². The van der Waals surface area contributed by atoms with Crippen molar-refractivity contribution in [3.05, 3.63) is 71.9 Å². The minimum absolute atomic E-state index is 0.660. The SMILES string of the molecule is Cc1ccc2nc3nc(N4CCC(c5ccccc5)CC4)ccn3c2c1. The summed E-state index contributed by atoms with van der Waals surface area (Å²) in [4.78, 5) is 11.9. The monoisotopic (exact) mass is 342 g/mol. The molecule has 0 saturated carbocycles. The van der Waals surface area contributed by atoms with E-state index in [4.69, 9.17) is 9.97 Å². The molecule has 2 aromatic heterocycles. The molecule has 0 amide bonds. The van der Waals surface area contributed by atoms with Crippen molar-refractivity contribution in [2.75, 3.05) is 18.0 Å². The lowest BCUT2D eigenvalue weighted by atomic mass is 9.89. The van der Waals surface area contributed by atoms with E-state index in [2.05, 4.69) is 77.0 Å². The maximum absolute atomic E-state index is 4.84. The van der Waals surface area contributed by atoms with Gasteiger partial charge in [-0.2, -0.15) is 4.98 Å². The summed E-state index contributed by atoms with van der Waals surface area (Å²) in [6.07, 6.45) is 4.45. The zero-order chi connectivity index (χ0) is 17.5. The number of piperidine rings is 1. The van der Waals surface area contributed by atoms with Crippen LogP contribution in [0.1, 0.15) is 29.9 Å². The molecule has 0 unspecified atom stereocenters. The zero-order valence-electron chi connectivity index (χ0n) is 15.0. The van der Waals surface area contributed by atoms with E-state index in [1.54, 1.807) is 0 Å². The Morgan fingerprint density at radius 2 is 1.73 bits per heavy atom. The molecule has 0 aliphatic carbocycles. The lowest BCUT2D eigenvalue weighted by Gasteiger charge is -2.33. The minimum atomic E-state index is 0.660. The molecule has 4 heteroatoms. The van der Waals surface area contributed by atoms with Gasteiger partial charge < -0.3 is 4.90 Å². The van der Waals surface area contributed by atoms with E-state index in [0.29, 0.717) is 5.92 Å². The van der Waals surface area contributed by atoms with Crippen LogP contribution >= 0.6 is 0 Å². The molecule has 1 aliphatic heterocycles. The number of anilines is 1. The smallest absolute Gasteiger partial charge is 0.236 e. The molecule has 26 heavy (non-hydrogen) atoms. The van der Waals surface area contributed by atoms with Crippen molar-refractivity contribution in [3.8, 4) is 0 Å². The predicted octanol–water partition coefficient (Wildman–Crippen LogP) is 4.57. The first kappa shape index (κ1) is 15.4. The molecular formula is C22H22N4. The van der Waals surface area contributed by atoms with Gasteiger partial charge in [0.1, 0.15) is 5.82 Å². The van der Waals surface area contributed by atoms with Crippen LogP contribution in [0.5, 0.6) is 0 Å². The molecule has 0 atom stereocenters. The van der Waals surface area contributed by atoms with E-state index in [-0.39, 0.29) is 0 Å². The number of nitrogens with zero attached hydrogens (tertiary/aromatic N) is 4. The number of hydrogen-bond acceptors (Lipinski definition) is 3. The molecule has 1 fully saturated rings. The first-order valence-electron chi connectivity index (χ1n) is 9.33. The van der Waals surface area contributed by atoms with E-state index in [1.165, 1.54) is 24.0 Å². The summed E-state index contributed by atoms with van der Waals surface area (Å²) in [7, 11) is 0. The molecule has 1 saturated heterocycles. The lowest BCUT2D eigenvalue weighted by Crippen LogP contribution is -2.33. The quantitative estimate of drug-likeness (QED) is 0.535. The minimum Gasteiger partial charge on any atom is -0.356 e. The van der Waals surface area contributed by atoms with E-state index < -0.39 is 0 Å². The maximum Gasteiger partial charge on any atom is 0.236 e. The number of fused-ring (bicyclic) bond motifs is 3. The summed E-state index contributed by atoms with van der Waals surface area (Å²) in [6.45, 7) is 4.20. The third-order valence-corrected chi connectivity index (χ3v) is 5.50. The van der Waals surface area contributed by atoms with Gasteiger partial charge in [-0.25, -0.2) is 4.98 Å². The summed E-state index contributed by atoms with van der Waals surface area (Å²) in [5, 5.41) is 0. The van der Waals surface area contributed by atoms with Gasteiger partial charge >= 0.3 is 0 Å². The van der Waals surface area contributed by atoms with Gasteiger partial charge in [-0.15, -0.1) is 0 Å². The average molecular weight is 342 g/mol. The number of benzene rings is 2. The highest BCUT2D eigenvalue weighted by atomic mass is 15.2. The Morgan fingerprint density at radius 3 is 2.54 bits per heavy atom. The van der Waals surface area contributed by atoms with Crippen molar-refractivity contribution in [2.24, 2.45) is 0 Å². The molecule has 3 heterocycles. The summed E-state index contributed by atoms with van der Waals surface area (Å²) in [5.41, 5.74) is 4.83. The van der Waals surface area contributed by atoms with Crippen molar-refractivity contribution < 1.29 is 0 Å². The number of imidazole rings is 1. The Balaban J connectivity index is 1.40. The fourth-order valence-electron chi connectivity index (χ4n) is 4.04. The van der Waals surface area contributed by atoms with E-state index >= 15 is 0 Å². The fourth-order valence-corrected chi connectivity index (χ4v) is 4.04. The molecule has 0 spiro atoms. The number of hydrogen-bond donors (Lipinski definition) is 0. The molecule has 0 bridgehead atoms. The molecule has 130 valence electrons. The largest absolute Gasteiger partial charge is 0.356 e. The van der Waals surface area contributed by atoms with Crippen molar-refractivity contribution in [3.63, 3.8) is 0 Å². The average Bonchev–Trinajstić information content (AvgIpc) is 3.06. The third kappa shape index (κ3) is 2.62. The van der Waals surface area contributed by atoms with Gasteiger partial charge in [0.25, 0.3) is 0 Å². The highest BCUT2D eigenvalue weighted by molar-refractivity contribution is 5.80.